The normalized spacial score (nSPS) is 10.6. The molecule has 4 rings (SSSR count). The lowest BCUT2D eigenvalue weighted by molar-refractivity contribution is 0.0603. The van der Waals surface area contributed by atoms with Gasteiger partial charge in [-0.2, -0.15) is 0 Å². The van der Waals surface area contributed by atoms with Crippen molar-refractivity contribution in [1.82, 2.24) is 0 Å². The number of carbonyl (C=O) groups is 2. The van der Waals surface area contributed by atoms with Crippen LogP contribution in [0.2, 0.25) is 0 Å². The van der Waals surface area contributed by atoms with Gasteiger partial charge in [0.05, 0.1) is 7.11 Å². The van der Waals surface area contributed by atoms with Crippen LogP contribution in [0.3, 0.4) is 0 Å². The number of carbonyl (C=O) groups excluding carboxylic acids is 2. The van der Waals surface area contributed by atoms with Gasteiger partial charge in [0.1, 0.15) is 10.6 Å². The molecule has 0 atom stereocenters. The molecule has 1 heterocycles. The summed E-state index contributed by atoms with van der Waals surface area (Å²) in [6.45, 7) is 4.08. The van der Waals surface area contributed by atoms with E-state index in [0.717, 1.165) is 27.8 Å². The van der Waals surface area contributed by atoms with Gasteiger partial charge in [-0.3, -0.25) is 4.79 Å². The van der Waals surface area contributed by atoms with E-state index in [1.807, 2.05) is 79.9 Å². The first-order valence-electron chi connectivity index (χ1n) is 10.2. The molecule has 32 heavy (non-hydrogen) atoms. The summed E-state index contributed by atoms with van der Waals surface area (Å²) >= 11 is 1.32. The molecule has 4 aromatic rings. The van der Waals surface area contributed by atoms with Crippen LogP contribution in [0.25, 0.3) is 22.3 Å². The zero-order valence-electron chi connectivity index (χ0n) is 18.1. The number of ether oxygens (including phenoxy) is 1. The quantitative estimate of drug-likeness (QED) is 0.349. The maximum Gasteiger partial charge on any atom is 0.341 e. The zero-order valence-corrected chi connectivity index (χ0v) is 19.0. The van der Waals surface area contributed by atoms with Gasteiger partial charge in [0.25, 0.3) is 5.91 Å². The molecule has 4 nitrogen and oxygen atoms in total. The topological polar surface area (TPSA) is 55.4 Å². The number of amides is 1. The van der Waals surface area contributed by atoms with E-state index in [-0.39, 0.29) is 5.91 Å². The molecule has 3 aromatic carbocycles. The van der Waals surface area contributed by atoms with E-state index in [1.54, 1.807) is 12.1 Å². The average Bonchev–Trinajstić information content (AvgIpc) is 3.24. The molecule has 160 valence electrons. The SMILES string of the molecule is COC(=O)c1c(-c2ccc(C)c(C)c2)csc1NC(=O)c1ccc(-c2ccccc2)cc1. The van der Waals surface area contributed by atoms with E-state index < -0.39 is 5.97 Å². The van der Waals surface area contributed by atoms with Gasteiger partial charge >= 0.3 is 5.97 Å². The third-order valence-electron chi connectivity index (χ3n) is 5.48. The number of hydrogen-bond donors (Lipinski definition) is 1. The van der Waals surface area contributed by atoms with E-state index in [1.165, 1.54) is 24.0 Å². The fraction of sp³-hybridized carbons (Fsp3) is 0.111. The highest BCUT2D eigenvalue weighted by molar-refractivity contribution is 7.15. The monoisotopic (exact) mass is 441 g/mol. The molecule has 0 aliphatic heterocycles. The van der Waals surface area contributed by atoms with E-state index in [4.69, 9.17) is 4.74 Å². The van der Waals surface area contributed by atoms with E-state index in [2.05, 4.69) is 5.32 Å². The van der Waals surface area contributed by atoms with Crippen molar-refractivity contribution in [2.24, 2.45) is 0 Å². The van der Waals surface area contributed by atoms with Crippen molar-refractivity contribution >= 4 is 28.2 Å². The highest BCUT2D eigenvalue weighted by Crippen LogP contribution is 2.37. The fourth-order valence-electron chi connectivity index (χ4n) is 3.50. The van der Waals surface area contributed by atoms with Crippen LogP contribution in [0.4, 0.5) is 5.00 Å². The molecule has 0 bridgehead atoms. The second-order valence-corrected chi connectivity index (χ2v) is 8.42. The van der Waals surface area contributed by atoms with E-state index in [9.17, 15) is 9.59 Å². The molecule has 0 radical (unpaired) electrons. The highest BCUT2D eigenvalue weighted by Gasteiger charge is 2.23. The number of methoxy groups -OCH3 is 1. The minimum absolute atomic E-state index is 0.275. The first-order valence-corrected chi connectivity index (χ1v) is 11.1. The van der Waals surface area contributed by atoms with Crippen LogP contribution >= 0.6 is 11.3 Å². The number of rotatable bonds is 5. The summed E-state index contributed by atoms with van der Waals surface area (Å²) < 4.78 is 5.02. The summed E-state index contributed by atoms with van der Waals surface area (Å²) in [6, 6.07) is 23.4. The largest absolute Gasteiger partial charge is 0.465 e. The lowest BCUT2D eigenvalue weighted by Gasteiger charge is -2.09. The number of benzene rings is 3. The Bertz CT molecular complexity index is 1270. The molecule has 0 unspecified atom stereocenters. The van der Waals surface area contributed by atoms with E-state index in [0.29, 0.717) is 16.1 Å². The zero-order chi connectivity index (χ0) is 22.7. The lowest BCUT2D eigenvalue weighted by atomic mass is 9.99. The van der Waals surface area contributed by atoms with E-state index >= 15 is 0 Å². The summed E-state index contributed by atoms with van der Waals surface area (Å²) in [4.78, 5) is 25.5. The Labute approximate surface area is 191 Å². The second-order valence-electron chi connectivity index (χ2n) is 7.54. The smallest absolute Gasteiger partial charge is 0.341 e. The number of anilines is 1. The molecule has 0 aliphatic carbocycles. The molecule has 0 saturated heterocycles. The van der Waals surface area contributed by atoms with Gasteiger partial charge in [-0.25, -0.2) is 4.79 Å². The molecule has 0 saturated carbocycles. The van der Waals surface area contributed by atoms with Crippen LogP contribution in [0.15, 0.2) is 78.2 Å². The van der Waals surface area contributed by atoms with Crippen molar-refractivity contribution < 1.29 is 14.3 Å². The Morgan fingerprint density at radius 1 is 0.812 bits per heavy atom. The Hall–Kier alpha value is -3.70. The summed E-state index contributed by atoms with van der Waals surface area (Å²) in [5.74, 6) is -0.752. The van der Waals surface area contributed by atoms with Crippen molar-refractivity contribution in [3.05, 3.63) is 100 Å². The van der Waals surface area contributed by atoms with Crippen molar-refractivity contribution in [3.63, 3.8) is 0 Å². The number of aryl methyl sites for hydroxylation is 2. The van der Waals surface area contributed by atoms with Crippen molar-refractivity contribution in [3.8, 4) is 22.3 Å². The second kappa shape index (κ2) is 9.20. The van der Waals surface area contributed by atoms with Gasteiger partial charge < -0.3 is 10.1 Å². The first kappa shape index (κ1) is 21.5. The summed E-state index contributed by atoms with van der Waals surface area (Å²) in [5, 5.41) is 5.25. The predicted octanol–water partition coefficient (Wildman–Crippen LogP) is 6.74. The highest BCUT2D eigenvalue weighted by atomic mass is 32.1. The van der Waals surface area contributed by atoms with Gasteiger partial charge in [0.2, 0.25) is 0 Å². The van der Waals surface area contributed by atoms with Gasteiger partial charge in [-0.1, -0.05) is 60.7 Å². The average molecular weight is 442 g/mol. The Kier molecular flexibility index (Phi) is 6.19. The molecular weight excluding hydrogens is 418 g/mol. The van der Waals surface area contributed by atoms with Gasteiger partial charge in [-0.05, 0) is 53.8 Å². The first-order chi connectivity index (χ1) is 15.5. The Morgan fingerprint density at radius 3 is 2.12 bits per heavy atom. The molecular formula is C27H23NO3S. The van der Waals surface area contributed by atoms with Crippen molar-refractivity contribution in [2.45, 2.75) is 13.8 Å². The molecule has 1 amide bonds. The van der Waals surface area contributed by atoms with Gasteiger partial charge in [0, 0.05) is 16.5 Å². The van der Waals surface area contributed by atoms with Gasteiger partial charge in [0.15, 0.2) is 0 Å². The van der Waals surface area contributed by atoms with Crippen LogP contribution < -0.4 is 5.32 Å². The molecule has 0 spiro atoms. The fourth-order valence-corrected chi connectivity index (χ4v) is 4.45. The third-order valence-corrected chi connectivity index (χ3v) is 6.38. The minimum Gasteiger partial charge on any atom is -0.465 e. The third kappa shape index (κ3) is 4.34. The van der Waals surface area contributed by atoms with Crippen LogP contribution in [-0.4, -0.2) is 19.0 Å². The molecule has 0 aliphatic rings. The molecule has 5 heteroatoms. The number of thiophene rings is 1. The number of esters is 1. The Balaban J connectivity index is 1.62. The Morgan fingerprint density at radius 2 is 1.47 bits per heavy atom. The summed E-state index contributed by atoms with van der Waals surface area (Å²) in [6.07, 6.45) is 0. The maximum atomic E-state index is 12.9. The molecule has 1 N–H and O–H groups in total. The molecule has 1 aromatic heterocycles. The van der Waals surface area contributed by atoms with Crippen LogP contribution in [0, 0.1) is 13.8 Å². The standard InChI is InChI=1S/C27H23NO3S/c1-17-9-10-22(15-18(17)2)23-16-32-26(24(23)27(30)31-3)28-25(29)21-13-11-20(12-14-21)19-7-5-4-6-8-19/h4-16H,1-3H3,(H,28,29). The minimum atomic E-state index is -0.478. The number of nitrogens with one attached hydrogen (secondary N) is 1. The van der Waals surface area contributed by atoms with Crippen molar-refractivity contribution in [1.29, 1.82) is 0 Å². The van der Waals surface area contributed by atoms with Crippen LogP contribution in [0.5, 0.6) is 0 Å². The summed E-state index contributed by atoms with van der Waals surface area (Å²) in [7, 11) is 1.35. The van der Waals surface area contributed by atoms with Gasteiger partial charge in [-0.15, -0.1) is 11.3 Å². The predicted molar refractivity (Wildman–Crippen MR) is 130 cm³/mol. The summed E-state index contributed by atoms with van der Waals surface area (Å²) in [5.41, 5.74) is 6.98. The molecule has 0 fully saturated rings. The maximum absolute atomic E-state index is 12.9. The number of hydrogen-bond acceptors (Lipinski definition) is 4. The van der Waals surface area contributed by atoms with Crippen LogP contribution in [0.1, 0.15) is 31.8 Å². The van der Waals surface area contributed by atoms with Crippen molar-refractivity contribution in [2.75, 3.05) is 12.4 Å². The van der Waals surface area contributed by atoms with Crippen LogP contribution in [-0.2, 0) is 4.74 Å². The lowest BCUT2D eigenvalue weighted by Crippen LogP contribution is -2.14.